The van der Waals surface area contributed by atoms with Crippen LogP contribution in [0.3, 0.4) is 0 Å². The van der Waals surface area contributed by atoms with Gasteiger partial charge in [0.2, 0.25) is 0 Å². The second kappa shape index (κ2) is 6.15. The zero-order valence-electron chi connectivity index (χ0n) is 14.2. The normalized spacial score (nSPS) is 18.5. The van der Waals surface area contributed by atoms with E-state index in [-0.39, 0.29) is 17.0 Å². The molecule has 1 aromatic heterocycles. The quantitative estimate of drug-likeness (QED) is 0.692. The number of aryl methyl sites for hydroxylation is 1. The Hall–Kier alpha value is -2.56. The van der Waals surface area contributed by atoms with E-state index in [2.05, 4.69) is 15.2 Å². The van der Waals surface area contributed by atoms with Crippen LogP contribution in [0.25, 0.3) is 11.1 Å². The molecule has 0 aliphatic heterocycles. The van der Waals surface area contributed by atoms with Crippen LogP contribution in [-0.2, 0) is 9.59 Å². The fourth-order valence-electron chi connectivity index (χ4n) is 3.18. The van der Waals surface area contributed by atoms with Crippen molar-refractivity contribution in [1.82, 2.24) is 10.2 Å². The zero-order valence-corrected chi connectivity index (χ0v) is 14.2. The third-order valence-electron chi connectivity index (χ3n) is 4.34. The predicted molar refractivity (Wildman–Crippen MR) is 93.4 cm³/mol. The van der Waals surface area contributed by atoms with Crippen LogP contribution in [0.5, 0.6) is 0 Å². The lowest BCUT2D eigenvalue weighted by atomic mass is 9.72. The number of aromatic amines is 1. The molecule has 1 heterocycles. The number of benzene rings is 1. The van der Waals surface area contributed by atoms with E-state index in [0.717, 1.165) is 16.8 Å². The van der Waals surface area contributed by atoms with Gasteiger partial charge < -0.3 is 0 Å². The van der Waals surface area contributed by atoms with Crippen molar-refractivity contribution in [2.24, 2.45) is 16.3 Å². The Balaban J connectivity index is 1.89. The van der Waals surface area contributed by atoms with Gasteiger partial charge in [0.05, 0.1) is 0 Å². The van der Waals surface area contributed by atoms with E-state index in [1.165, 1.54) is 6.21 Å². The molecule has 5 nitrogen and oxygen atoms in total. The summed E-state index contributed by atoms with van der Waals surface area (Å²) in [5, 5.41) is 7.14. The Labute approximate surface area is 141 Å². The van der Waals surface area contributed by atoms with Crippen molar-refractivity contribution in [2.45, 2.75) is 33.6 Å². The number of H-pyrrole nitrogens is 1. The van der Waals surface area contributed by atoms with Gasteiger partial charge in [-0.2, -0.15) is 5.10 Å². The van der Waals surface area contributed by atoms with E-state index in [0.29, 0.717) is 18.7 Å². The molecule has 1 aromatic carbocycles. The summed E-state index contributed by atoms with van der Waals surface area (Å²) in [6.07, 6.45) is 2.27. The van der Waals surface area contributed by atoms with Gasteiger partial charge in [-0.3, -0.25) is 14.7 Å². The second-order valence-electron chi connectivity index (χ2n) is 7.12. The number of ketones is 2. The number of nitrogens with zero attached hydrogens (tertiary/aromatic N) is 2. The van der Waals surface area contributed by atoms with Crippen LogP contribution in [-0.4, -0.2) is 28.0 Å². The van der Waals surface area contributed by atoms with Crippen LogP contribution >= 0.6 is 0 Å². The highest BCUT2D eigenvalue weighted by atomic mass is 16.2. The average molecular weight is 323 g/mol. The number of aromatic nitrogens is 2. The third kappa shape index (κ3) is 3.20. The number of hydrogen-bond acceptors (Lipinski definition) is 4. The molecule has 0 atom stereocenters. The van der Waals surface area contributed by atoms with Crippen molar-refractivity contribution in [2.75, 3.05) is 0 Å². The van der Waals surface area contributed by atoms with Crippen LogP contribution in [0.15, 0.2) is 35.3 Å². The van der Waals surface area contributed by atoms with Gasteiger partial charge >= 0.3 is 0 Å². The van der Waals surface area contributed by atoms with E-state index < -0.39 is 5.92 Å². The molecule has 1 aliphatic rings. The lowest BCUT2D eigenvalue weighted by Gasteiger charge is -2.30. The van der Waals surface area contributed by atoms with Gasteiger partial charge in [-0.25, -0.2) is 4.99 Å². The first-order valence-corrected chi connectivity index (χ1v) is 8.07. The van der Waals surface area contributed by atoms with Gasteiger partial charge in [-0.15, -0.1) is 0 Å². The maximum absolute atomic E-state index is 12.3. The number of aliphatic imine (C=N–C) groups is 1. The van der Waals surface area contributed by atoms with Crippen molar-refractivity contribution in [3.8, 4) is 11.1 Å². The lowest BCUT2D eigenvalue weighted by molar-refractivity contribution is -0.136. The number of carbonyl (C=O) groups is 2. The van der Waals surface area contributed by atoms with Crippen molar-refractivity contribution >= 4 is 23.6 Å². The summed E-state index contributed by atoms with van der Waals surface area (Å²) in [4.78, 5) is 28.9. The van der Waals surface area contributed by atoms with E-state index in [1.54, 1.807) is 0 Å². The maximum atomic E-state index is 12.3. The van der Waals surface area contributed by atoms with Crippen molar-refractivity contribution in [3.05, 3.63) is 36.0 Å². The van der Waals surface area contributed by atoms with Crippen LogP contribution < -0.4 is 0 Å². The summed E-state index contributed by atoms with van der Waals surface area (Å²) in [7, 11) is 0. The number of rotatable bonds is 3. The molecule has 124 valence electrons. The van der Waals surface area contributed by atoms with E-state index in [4.69, 9.17) is 0 Å². The Kier molecular flexibility index (Phi) is 4.18. The van der Waals surface area contributed by atoms with E-state index in [9.17, 15) is 9.59 Å². The molecule has 3 rings (SSSR count). The van der Waals surface area contributed by atoms with Gasteiger partial charge in [0, 0.05) is 30.3 Å². The first-order chi connectivity index (χ1) is 11.4. The number of nitrogens with one attached hydrogen (secondary N) is 1. The summed E-state index contributed by atoms with van der Waals surface area (Å²) in [6, 6.07) is 9.81. The molecule has 0 radical (unpaired) electrons. The summed E-state index contributed by atoms with van der Waals surface area (Å²) in [5.74, 6) is -0.371. The molecular weight excluding hydrogens is 302 g/mol. The number of hydrogen-bond donors (Lipinski definition) is 1. The van der Waals surface area contributed by atoms with Crippen LogP contribution in [0.1, 0.15) is 32.4 Å². The first-order valence-electron chi connectivity index (χ1n) is 8.07. The minimum atomic E-state index is -0.751. The molecule has 0 amide bonds. The Morgan fingerprint density at radius 3 is 2.42 bits per heavy atom. The molecule has 1 N–H and O–H groups in total. The second-order valence-corrected chi connectivity index (χ2v) is 7.12. The predicted octanol–water partition coefficient (Wildman–Crippen LogP) is 3.66. The molecule has 24 heavy (non-hydrogen) atoms. The Bertz CT molecular complexity index is 783. The molecule has 5 heteroatoms. The maximum Gasteiger partial charge on any atom is 0.181 e. The molecule has 1 saturated carbocycles. The van der Waals surface area contributed by atoms with Gasteiger partial charge in [0.15, 0.2) is 5.82 Å². The molecule has 1 aliphatic carbocycles. The highest BCUT2D eigenvalue weighted by Crippen LogP contribution is 2.34. The van der Waals surface area contributed by atoms with E-state index in [1.807, 2.05) is 51.1 Å². The monoisotopic (exact) mass is 323 g/mol. The number of carbonyl (C=O) groups excluding carboxylic acids is 2. The highest BCUT2D eigenvalue weighted by Gasteiger charge is 2.38. The third-order valence-corrected chi connectivity index (χ3v) is 4.34. The minimum Gasteiger partial charge on any atom is -0.298 e. The smallest absolute Gasteiger partial charge is 0.181 e. The van der Waals surface area contributed by atoms with Crippen molar-refractivity contribution in [1.29, 1.82) is 0 Å². The van der Waals surface area contributed by atoms with Gasteiger partial charge in [0.25, 0.3) is 0 Å². The van der Waals surface area contributed by atoms with Gasteiger partial charge in [-0.05, 0) is 17.9 Å². The molecule has 0 unspecified atom stereocenters. The number of Topliss-reactive ketones (excluding diaryl/α,β-unsaturated/α-hetero) is 2. The Morgan fingerprint density at radius 2 is 1.79 bits per heavy atom. The standard InChI is InChI=1S/C19H21N3O2/c1-12-17(13-7-5-4-6-8-13)18(22-21-12)20-11-14-15(23)9-19(2,3)10-16(14)24/h4-8,11,14H,9-10H2,1-3H3,(H,21,22). The molecule has 2 aromatic rings. The Morgan fingerprint density at radius 1 is 1.17 bits per heavy atom. The zero-order chi connectivity index (χ0) is 17.3. The molecule has 1 fully saturated rings. The summed E-state index contributed by atoms with van der Waals surface area (Å²) < 4.78 is 0. The van der Waals surface area contributed by atoms with Crippen LogP contribution in [0, 0.1) is 18.3 Å². The topological polar surface area (TPSA) is 75.2 Å². The fourth-order valence-corrected chi connectivity index (χ4v) is 3.18. The van der Waals surface area contributed by atoms with Gasteiger partial charge in [-0.1, -0.05) is 44.2 Å². The average Bonchev–Trinajstić information content (AvgIpc) is 2.87. The molecule has 0 spiro atoms. The first kappa shape index (κ1) is 16.3. The van der Waals surface area contributed by atoms with Gasteiger partial charge in [0.1, 0.15) is 17.5 Å². The van der Waals surface area contributed by atoms with Crippen LogP contribution in [0.2, 0.25) is 0 Å². The van der Waals surface area contributed by atoms with E-state index >= 15 is 0 Å². The summed E-state index contributed by atoms with van der Waals surface area (Å²) in [6.45, 7) is 5.81. The van der Waals surface area contributed by atoms with Crippen LogP contribution in [0.4, 0.5) is 5.82 Å². The highest BCUT2D eigenvalue weighted by molar-refractivity contribution is 6.16. The van der Waals surface area contributed by atoms with Crippen molar-refractivity contribution in [3.63, 3.8) is 0 Å². The molecule has 0 bridgehead atoms. The summed E-state index contributed by atoms with van der Waals surface area (Å²) in [5.41, 5.74) is 2.54. The SMILES string of the molecule is Cc1[nH]nc(N=CC2C(=O)CC(C)(C)CC2=O)c1-c1ccccc1. The lowest BCUT2D eigenvalue weighted by Crippen LogP contribution is -2.38. The summed E-state index contributed by atoms with van der Waals surface area (Å²) >= 11 is 0. The molecule has 0 saturated heterocycles. The fraction of sp³-hybridized carbons (Fsp3) is 0.368. The largest absolute Gasteiger partial charge is 0.298 e. The van der Waals surface area contributed by atoms with Crippen molar-refractivity contribution < 1.29 is 9.59 Å². The minimum absolute atomic E-state index is 0.0616. The molecular formula is C19H21N3O2.